The molecule has 2 N–H and O–H groups in total. The zero-order valence-electron chi connectivity index (χ0n) is 14.3. The van der Waals surface area contributed by atoms with Crippen molar-refractivity contribution in [1.29, 1.82) is 0 Å². The first-order valence-electron chi connectivity index (χ1n) is 8.37. The third kappa shape index (κ3) is 4.45. The lowest BCUT2D eigenvalue weighted by molar-refractivity contribution is -0.117. The number of nitrogens with zero attached hydrogens (tertiary/aromatic N) is 1. The highest BCUT2D eigenvalue weighted by Gasteiger charge is 2.21. The zero-order valence-corrected chi connectivity index (χ0v) is 17.4. The Balaban J connectivity index is 1.61. The summed E-state index contributed by atoms with van der Waals surface area (Å²) in [5.41, 5.74) is 2.45. The summed E-state index contributed by atoms with van der Waals surface area (Å²) in [5.74, 6) is 0.0327. The molecule has 1 aliphatic rings. The Morgan fingerprint density at radius 1 is 1.15 bits per heavy atom. The van der Waals surface area contributed by atoms with Crippen LogP contribution >= 0.6 is 31.9 Å². The van der Waals surface area contributed by atoms with Crippen LogP contribution in [0.3, 0.4) is 0 Å². The molecule has 7 heteroatoms. The topological polar surface area (TPSA) is 61.4 Å². The quantitative estimate of drug-likeness (QED) is 0.647. The van der Waals surface area contributed by atoms with Gasteiger partial charge in [0.25, 0.3) is 0 Å². The van der Waals surface area contributed by atoms with E-state index in [0.717, 1.165) is 39.0 Å². The van der Waals surface area contributed by atoms with Crippen molar-refractivity contribution < 1.29 is 9.59 Å². The van der Waals surface area contributed by atoms with Crippen LogP contribution in [0.2, 0.25) is 0 Å². The average Bonchev–Trinajstić information content (AvgIpc) is 3.04. The van der Waals surface area contributed by atoms with Crippen LogP contribution in [0.25, 0.3) is 0 Å². The molecule has 0 radical (unpaired) electrons. The van der Waals surface area contributed by atoms with E-state index in [1.807, 2.05) is 42.5 Å². The van der Waals surface area contributed by atoms with Gasteiger partial charge in [0.2, 0.25) is 11.8 Å². The molecule has 0 aromatic heterocycles. The lowest BCUT2D eigenvalue weighted by Crippen LogP contribution is -2.32. The van der Waals surface area contributed by atoms with Gasteiger partial charge in [-0.1, -0.05) is 15.9 Å². The highest BCUT2D eigenvalue weighted by Crippen LogP contribution is 2.27. The molecule has 0 bridgehead atoms. The van der Waals surface area contributed by atoms with Gasteiger partial charge < -0.3 is 15.5 Å². The second-order valence-corrected chi connectivity index (χ2v) is 7.95. The van der Waals surface area contributed by atoms with E-state index in [9.17, 15) is 9.59 Å². The molecule has 1 saturated heterocycles. The van der Waals surface area contributed by atoms with Crippen LogP contribution in [0.5, 0.6) is 0 Å². The first kappa shape index (κ1) is 18.9. The molecule has 1 atom stereocenters. The third-order valence-corrected chi connectivity index (χ3v) is 5.37. The van der Waals surface area contributed by atoms with Gasteiger partial charge in [0, 0.05) is 33.3 Å². The number of halogens is 2. The Morgan fingerprint density at radius 3 is 2.50 bits per heavy atom. The maximum atomic E-state index is 12.4. The van der Waals surface area contributed by atoms with E-state index in [4.69, 9.17) is 0 Å². The smallest absolute Gasteiger partial charge is 0.246 e. The summed E-state index contributed by atoms with van der Waals surface area (Å²) in [6.07, 6.45) is 1.52. The summed E-state index contributed by atoms with van der Waals surface area (Å²) in [7, 11) is 0. The van der Waals surface area contributed by atoms with Crippen LogP contribution in [0.1, 0.15) is 19.8 Å². The molecule has 26 heavy (non-hydrogen) atoms. The highest BCUT2D eigenvalue weighted by molar-refractivity contribution is 9.11. The number of carbonyl (C=O) groups is 2. The molecule has 2 amide bonds. The molecule has 1 fully saturated rings. The van der Waals surface area contributed by atoms with Crippen molar-refractivity contribution in [3.63, 3.8) is 0 Å². The fourth-order valence-corrected chi connectivity index (χ4v) is 3.95. The molecule has 3 rings (SSSR count). The second kappa shape index (κ2) is 8.22. The van der Waals surface area contributed by atoms with Gasteiger partial charge in [-0.05, 0) is 71.7 Å². The van der Waals surface area contributed by atoms with E-state index in [0.29, 0.717) is 6.42 Å². The number of rotatable bonds is 5. The number of hydrogen-bond donors (Lipinski definition) is 2. The predicted molar refractivity (Wildman–Crippen MR) is 112 cm³/mol. The molecule has 2 aromatic rings. The summed E-state index contributed by atoms with van der Waals surface area (Å²) in [5, 5.41) is 6.08. The lowest BCUT2D eigenvalue weighted by Gasteiger charge is -2.18. The van der Waals surface area contributed by atoms with Gasteiger partial charge >= 0.3 is 0 Å². The van der Waals surface area contributed by atoms with E-state index in [1.54, 1.807) is 11.8 Å². The van der Waals surface area contributed by atoms with Gasteiger partial charge in [-0.3, -0.25) is 9.59 Å². The van der Waals surface area contributed by atoms with E-state index in [-0.39, 0.29) is 11.8 Å². The number of benzene rings is 2. The Hall–Kier alpha value is -1.86. The Bertz CT molecular complexity index is 824. The molecule has 0 spiro atoms. The molecular weight excluding hydrogens is 462 g/mol. The molecule has 136 valence electrons. The van der Waals surface area contributed by atoms with Gasteiger partial charge in [0.05, 0.1) is 5.69 Å². The summed E-state index contributed by atoms with van der Waals surface area (Å²) >= 11 is 6.83. The number of hydrogen-bond acceptors (Lipinski definition) is 3. The van der Waals surface area contributed by atoms with Crippen molar-refractivity contribution in [1.82, 2.24) is 0 Å². The van der Waals surface area contributed by atoms with Crippen LogP contribution in [-0.2, 0) is 9.59 Å². The fraction of sp³-hybridized carbons (Fsp3) is 0.263. The average molecular weight is 481 g/mol. The fourth-order valence-electron chi connectivity index (χ4n) is 2.81. The third-order valence-electron chi connectivity index (χ3n) is 4.22. The second-order valence-electron chi connectivity index (χ2n) is 6.18. The molecule has 2 aromatic carbocycles. The van der Waals surface area contributed by atoms with E-state index in [1.165, 1.54) is 0 Å². The van der Waals surface area contributed by atoms with Crippen molar-refractivity contribution in [2.75, 3.05) is 22.1 Å². The Labute approximate surface area is 169 Å². The molecule has 1 aliphatic heterocycles. The van der Waals surface area contributed by atoms with Crippen molar-refractivity contribution in [3.8, 4) is 0 Å². The monoisotopic (exact) mass is 479 g/mol. The molecular formula is C19H19Br2N3O2. The predicted octanol–water partition coefficient (Wildman–Crippen LogP) is 4.78. The van der Waals surface area contributed by atoms with Crippen LogP contribution < -0.4 is 15.5 Å². The Morgan fingerprint density at radius 2 is 1.88 bits per heavy atom. The zero-order chi connectivity index (χ0) is 18.7. The molecule has 0 unspecified atom stereocenters. The lowest BCUT2D eigenvalue weighted by atomic mass is 10.2. The molecule has 5 nitrogen and oxygen atoms in total. The number of carbonyl (C=O) groups excluding carboxylic acids is 2. The minimum Gasteiger partial charge on any atom is -0.374 e. The number of nitrogens with one attached hydrogen (secondary N) is 2. The van der Waals surface area contributed by atoms with Gasteiger partial charge in [0.15, 0.2) is 0 Å². The van der Waals surface area contributed by atoms with E-state index in [2.05, 4.69) is 42.5 Å². The first-order chi connectivity index (χ1) is 12.4. The maximum Gasteiger partial charge on any atom is 0.246 e. The Kier molecular flexibility index (Phi) is 5.98. The van der Waals surface area contributed by atoms with Crippen LogP contribution in [0.4, 0.5) is 17.1 Å². The number of amides is 2. The summed E-state index contributed by atoms with van der Waals surface area (Å²) < 4.78 is 1.75. The van der Waals surface area contributed by atoms with Crippen LogP contribution in [-0.4, -0.2) is 24.4 Å². The normalized spacial score (nSPS) is 15.0. The van der Waals surface area contributed by atoms with Gasteiger partial charge in [0.1, 0.15) is 6.04 Å². The molecule has 0 saturated carbocycles. The summed E-state index contributed by atoms with van der Waals surface area (Å²) in [6.45, 7) is 2.58. The van der Waals surface area contributed by atoms with Gasteiger partial charge in [-0.25, -0.2) is 0 Å². The summed E-state index contributed by atoms with van der Waals surface area (Å²) in [4.78, 5) is 26.0. The van der Waals surface area contributed by atoms with Gasteiger partial charge in [-0.2, -0.15) is 0 Å². The largest absolute Gasteiger partial charge is 0.374 e. The summed E-state index contributed by atoms with van der Waals surface area (Å²) in [6, 6.07) is 12.8. The standard InChI is InChI=1S/C19H19Br2N3O2/c1-12(19(26)23-17-9-4-13(20)11-16(17)21)22-14-5-7-15(8-6-14)24-10-2-3-18(24)25/h4-9,11-12,22H,2-3,10H2,1H3,(H,23,26)/t12-/m1/s1. The highest BCUT2D eigenvalue weighted by atomic mass is 79.9. The molecule has 1 heterocycles. The van der Waals surface area contributed by atoms with Crippen molar-refractivity contribution in [2.45, 2.75) is 25.8 Å². The van der Waals surface area contributed by atoms with Crippen molar-refractivity contribution in [3.05, 3.63) is 51.4 Å². The van der Waals surface area contributed by atoms with E-state index >= 15 is 0 Å². The van der Waals surface area contributed by atoms with Crippen molar-refractivity contribution in [2.24, 2.45) is 0 Å². The van der Waals surface area contributed by atoms with Crippen LogP contribution in [0.15, 0.2) is 51.4 Å². The number of anilines is 3. The minimum absolute atomic E-state index is 0.133. The SMILES string of the molecule is C[C@@H](Nc1ccc(N2CCCC2=O)cc1)C(=O)Nc1ccc(Br)cc1Br. The van der Waals surface area contributed by atoms with Gasteiger partial charge in [-0.15, -0.1) is 0 Å². The van der Waals surface area contributed by atoms with E-state index < -0.39 is 6.04 Å². The minimum atomic E-state index is -0.412. The van der Waals surface area contributed by atoms with Crippen LogP contribution in [0, 0.1) is 0 Å². The first-order valence-corrected chi connectivity index (χ1v) is 9.95. The molecule has 0 aliphatic carbocycles. The maximum absolute atomic E-state index is 12.4. The van der Waals surface area contributed by atoms with Crippen molar-refractivity contribution >= 4 is 60.7 Å².